The van der Waals surface area contributed by atoms with Gasteiger partial charge in [0.1, 0.15) is 0 Å². The summed E-state index contributed by atoms with van der Waals surface area (Å²) in [7, 11) is 2.08. The monoisotopic (exact) mass is 159 g/mol. The second kappa shape index (κ2) is 4.04. The molecule has 1 rings (SSSR count). The molecule has 66 valence electrons. The molecule has 3 nitrogen and oxygen atoms in total. The Morgan fingerprint density at radius 3 is 2.45 bits per heavy atom. The van der Waals surface area contributed by atoms with Gasteiger partial charge in [-0.25, -0.2) is 0 Å². The van der Waals surface area contributed by atoms with E-state index in [0.717, 1.165) is 25.9 Å². The fourth-order valence-corrected chi connectivity index (χ4v) is 1.56. The minimum Gasteiger partial charge on any atom is -0.394 e. The van der Waals surface area contributed by atoms with Crippen molar-refractivity contribution in [2.45, 2.75) is 18.9 Å². The highest BCUT2D eigenvalue weighted by Gasteiger charge is 2.22. The lowest BCUT2D eigenvalue weighted by molar-refractivity contribution is 0.0220. The van der Waals surface area contributed by atoms with Crippen LogP contribution in [0.5, 0.6) is 0 Å². The first-order valence-corrected chi connectivity index (χ1v) is 4.21. The quantitative estimate of drug-likeness (QED) is 0.580. The third kappa shape index (κ3) is 2.43. The third-order valence-electron chi connectivity index (χ3n) is 2.49. The summed E-state index contributed by atoms with van der Waals surface area (Å²) in [6, 6.07) is 0. The lowest BCUT2D eigenvalue weighted by Gasteiger charge is -2.31. The molecule has 1 fully saturated rings. The Morgan fingerprint density at radius 1 is 1.45 bits per heavy atom. The van der Waals surface area contributed by atoms with Gasteiger partial charge in [0.2, 0.25) is 0 Å². The van der Waals surface area contributed by atoms with Crippen molar-refractivity contribution in [1.29, 1.82) is 0 Å². The van der Waals surface area contributed by atoms with Crippen molar-refractivity contribution in [3.8, 4) is 0 Å². The first-order chi connectivity index (χ1) is 5.24. The number of hydrogen-bond donors (Lipinski definition) is 2. The van der Waals surface area contributed by atoms with Gasteiger partial charge in [0.25, 0.3) is 0 Å². The molecule has 0 aliphatic carbocycles. The largest absolute Gasteiger partial charge is 0.394 e. The summed E-state index contributed by atoms with van der Waals surface area (Å²) in [5.74, 6) is 0.316. The zero-order valence-electron chi connectivity index (χ0n) is 7.03. The van der Waals surface area contributed by atoms with Gasteiger partial charge in [-0.2, -0.15) is 0 Å². The number of hydrogen-bond acceptors (Lipinski definition) is 3. The molecule has 2 N–H and O–H groups in total. The van der Waals surface area contributed by atoms with Crippen molar-refractivity contribution in [3.05, 3.63) is 0 Å². The molecule has 1 atom stereocenters. The van der Waals surface area contributed by atoms with Gasteiger partial charge in [0.05, 0.1) is 12.7 Å². The summed E-state index contributed by atoms with van der Waals surface area (Å²) in [6.07, 6.45) is 1.53. The zero-order chi connectivity index (χ0) is 8.27. The Labute approximate surface area is 67.6 Å². The van der Waals surface area contributed by atoms with E-state index in [-0.39, 0.29) is 6.61 Å². The van der Waals surface area contributed by atoms with Gasteiger partial charge in [0, 0.05) is 0 Å². The molecule has 0 aromatic heterocycles. The number of piperidine rings is 1. The molecule has 0 radical (unpaired) electrons. The van der Waals surface area contributed by atoms with Gasteiger partial charge in [-0.1, -0.05) is 0 Å². The number of likely N-dealkylation sites (tertiary alicyclic amines) is 1. The van der Waals surface area contributed by atoms with Gasteiger partial charge >= 0.3 is 0 Å². The normalized spacial score (nSPS) is 25.4. The summed E-state index contributed by atoms with van der Waals surface area (Å²) in [5.41, 5.74) is 0. The van der Waals surface area contributed by atoms with Crippen LogP contribution in [0.15, 0.2) is 0 Å². The van der Waals surface area contributed by atoms with Crippen LogP contribution in [-0.2, 0) is 0 Å². The van der Waals surface area contributed by atoms with Crippen LogP contribution in [0.1, 0.15) is 12.8 Å². The first-order valence-electron chi connectivity index (χ1n) is 4.21. The topological polar surface area (TPSA) is 43.7 Å². The SMILES string of the molecule is CN1CCC([C@H](O)CO)CC1. The van der Waals surface area contributed by atoms with Crippen molar-refractivity contribution in [2.24, 2.45) is 5.92 Å². The summed E-state index contributed by atoms with van der Waals surface area (Å²) in [5, 5.41) is 18.0. The maximum atomic E-state index is 9.30. The maximum absolute atomic E-state index is 9.30. The lowest BCUT2D eigenvalue weighted by atomic mass is 9.92. The van der Waals surface area contributed by atoms with Crippen LogP contribution in [0.25, 0.3) is 0 Å². The summed E-state index contributed by atoms with van der Waals surface area (Å²) < 4.78 is 0. The van der Waals surface area contributed by atoms with Crippen molar-refractivity contribution in [1.82, 2.24) is 4.90 Å². The number of rotatable bonds is 2. The Hall–Kier alpha value is -0.120. The van der Waals surface area contributed by atoms with E-state index >= 15 is 0 Å². The maximum Gasteiger partial charge on any atom is 0.0799 e. The van der Waals surface area contributed by atoms with Gasteiger partial charge < -0.3 is 15.1 Å². The molecule has 3 heteroatoms. The number of aliphatic hydroxyl groups excluding tert-OH is 2. The molecule has 0 bridgehead atoms. The van der Waals surface area contributed by atoms with Gasteiger partial charge in [-0.05, 0) is 38.9 Å². The van der Waals surface area contributed by atoms with Crippen molar-refractivity contribution in [2.75, 3.05) is 26.7 Å². The predicted octanol–water partition coefficient (Wildman–Crippen LogP) is -0.319. The van der Waals surface area contributed by atoms with Crippen molar-refractivity contribution >= 4 is 0 Å². The number of nitrogens with zero attached hydrogens (tertiary/aromatic N) is 1. The molecule has 11 heavy (non-hydrogen) atoms. The van der Waals surface area contributed by atoms with Crippen molar-refractivity contribution in [3.63, 3.8) is 0 Å². The molecule has 1 saturated heterocycles. The van der Waals surface area contributed by atoms with Gasteiger partial charge in [0.15, 0.2) is 0 Å². The van der Waals surface area contributed by atoms with Gasteiger partial charge in [-0.3, -0.25) is 0 Å². The zero-order valence-corrected chi connectivity index (χ0v) is 7.03. The highest BCUT2D eigenvalue weighted by Crippen LogP contribution is 2.19. The molecule has 0 spiro atoms. The molecule has 1 aliphatic heterocycles. The second-order valence-electron chi connectivity index (χ2n) is 3.39. The minimum atomic E-state index is -0.497. The molecular formula is C8H17NO2. The van der Waals surface area contributed by atoms with E-state index in [2.05, 4.69) is 11.9 Å². The van der Waals surface area contributed by atoms with E-state index in [1.54, 1.807) is 0 Å². The first kappa shape index (κ1) is 8.97. The van der Waals surface area contributed by atoms with Crippen LogP contribution in [-0.4, -0.2) is 48.0 Å². The van der Waals surface area contributed by atoms with Gasteiger partial charge in [-0.15, -0.1) is 0 Å². The van der Waals surface area contributed by atoms with Crippen LogP contribution in [0.3, 0.4) is 0 Å². The van der Waals surface area contributed by atoms with Crippen LogP contribution < -0.4 is 0 Å². The molecule has 1 aliphatic rings. The summed E-state index contributed by atoms with van der Waals surface area (Å²) >= 11 is 0. The average Bonchev–Trinajstić information content (AvgIpc) is 2.05. The third-order valence-corrected chi connectivity index (χ3v) is 2.49. The standard InChI is InChI=1S/C8H17NO2/c1-9-4-2-7(3-5-9)8(11)6-10/h7-8,10-11H,2-6H2,1H3/t8-/m1/s1. The number of aliphatic hydroxyl groups is 2. The Balaban J connectivity index is 2.27. The Morgan fingerprint density at radius 2 is 2.00 bits per heavy atom. The second-order valence-corrected chi connectivity index (χ2v) is 3.39. The fourth-order valence-electron chi connectivity index (χ4n) is 1.56. The summed E-state index contributed by atoms with van der Waals surface area (Å²) in [4.78, 5) is 2.25. The molecule has 0 unspecified atom stereocenters. The van der Waals surface area contributed by atoms with E-state index in [1.807, 2.05) is 0 Å². The molecule has 0 aromatic rings. The predicted molar refractivity (Wildman–Crippen MR) is 43.3 cm³/mol. The highest BCUT2D eigenvalue weighted by molar-refractivity contribution is 4.75. The molecule has 0 saturated carbocycles. The molecule has 0 amide bonds. The fraction of sp³-hybridized carbons (Fsp3) is 1.00. The van der Waals surface area contributed by atoms with Crippen LogP contribution in [0, 0.1) is 5.92 Å². The summed E-state index contributed by atoms with van der Waals surface area (Å²) in [6.45, 7) is 2.00. The van der Waals surface area contributed by atoms with E-state index in [0.29, 0.717) is 5.92 Å². The Bertz CT molecular complexity index is 111. The Kier molecular flexibility index (Phi) is 3.30. The van der Waals surface area contributed by atoms with E-state index in [9.17, 15) is 5.11 Å². The minimum absolute atomic E-state index is 0.0889. The smallest absolute Gasteiger partial charge is 0.0799 e. The lowest BCUT2D eigenvalue weighted by Crippen LogP contribution is -2.36. The van der Waals surface area contributed by atoms with Crippen LogP contribution in [0.4, 0.5) is 0 Å². The van der Waals surface area contributed by atoms with Crippen molar-refractivity contribution < 1.29 is 10.2 Å². The van der Waals surface area contributed by atoms with E-state index in [4.69, 9.17) is 5.11 Å². The average molecular weight is 159 g/mol. The molecule has 0 aromatic carbocycles. The molecule has 1 heterocycles. The van der Waals surface area contributed by atoms with Crippen LogP contribution >= 0.6 is 0 Å². The highest BCUT2D eigenvalue weighted by atomic mass is 16.3. The van der Waals surface area contributed by atoms with E-state index < -0.39 is 6.10 Å². The molecular weight excluding hydrogens is 142 g/mol. The van der Waals surface area contributed by atoms with Crippen LogP contribution in [0.2, 0.25) is 0 Å². The van der Waals surface area contributed by atoms with E-state index in [1.165, 1.54) is 0 Å².